The molecule has 1 amide bonds. The summed E-state index contributed by atoms with van der Waals surface area (Å²) in [4.78, 5) is 10.1. The SMILES string of the molecule is CC(=O)NCC#Cc1ccccc1S(=O)(=O)F. The highest BCUT2D eigenvalue weighted by Gasteiger charge is 2.14. The Balaban J connectivity index is 2.96. The fourth-order valence-electron chi connectivity index (χ4n) is 1.09. The lowest BCUT2D eigenvalue weighted by Crippen LogP contribution is -2.19. The van der Waals surface area contributed by atoms with Gasteiger partial charge in [0.05, 0.1) is 6.54 Å². The van der Waals surface area contributed by atoms with Gasteiger partial charge in [-0.3, -0.25) is 4.79 Å². The van der Waals surface area contributed by atoms with E-state index in [4.69, 9.17) is 0 Å². The first kappa shape index (κ1) is 13.2. The minimum atomic E-state index is -4.78. The van der Waals surface area contributed by atoms with Crippen LogP contribution in [0.25, 0.3) is 0 Å². The molecule has 4 nitrogen and oxygen atoms in total. The van der Waals surface area contributed by atoms with Gasteiger partial charge >= 0.3 is 10.2 Å². The molecule has 1 aromatic carbocycles. The molecule has 0 saturated carbocycles. The first-order valence-corrected chi connectivity index (χ1v) is 6.06. The number of halogens is 1. The lowest BCUT2D eigenvalue weighted by molar-refractivity contribution is -0.118. The zero-order valence-electron chi connectivity index (χ0n) is 9.03. The predicted molar refractivity (Wildman–Crippen MR) is 60.3 cm³/mol. The van der Waals surface area contributed by atoms with Crippen molar-refractivity contribution in [3.63, 3.8) is 0 Å². The van der Waals surface area contributed by atoms with Crippen LogP contribution in [0.2, 0.25) is 0 Å². The van der Waals surface area contributed by atoms with Crippen LogP contribution in [-0.2, 0) is 15.0 Å². The molecule has 0 spiro atoms. The molecule has 1 rings (SSSR count). The van der Waals surface area contributed by atoms with Crippen molar-refractivity contribution in [2.75, 3.05) is 6.54 Å². The highest BCUT2D eigenvalue weighted by molar-refractivity contribution is 7.86. The monoisotopic (exact) mass is 255 g/mol. The van der Waals surface area contributed by atoms with Crippen LogP contribution < -0.4 is 5.32 Å². The van der Waals surface area contributed by atoms with E-state index in [1.54, 1.807) is 6.07 Å². The second-order valence-corrected chi connectivity index (χ2v) is 4.46. The topological polar surface area (TPSA) is 63.2 Å². The van der Waals surface area contributed by atoms with Crippen LogP contribution >= 0.6 is 0 Å². The van der Waals surface area contributed by atoms with E-state index in [1.807, 2.05) is 0 Å². The van der Waals surface area contributed by atoms with E-state index < -0.39 is 15.1 Å². The highest BCUT2D eigenvalue weighted by Crippen LogP contribution is 2.16. The van der Waals surface area contributed by atoms with Crippen molar-refractivity contribution in [3.8, 4) is 11.8 Å². The van der Waals surface area contributed by atoms with Gasteiger partial charge in [-0.1, -0.05) is 24.0 Å². The Morgan fingerprint density at radius 3 is 2.65 bits per heavy atom. The second kappa shape index (κ2) is 5.46. The Morgan fingerprint density at radius 1 is 1.41 bits per heavy atom. The molecule has 0 saturated heterocycles. The largest absolute Gasteiger partial charge is 0.345 e. The molecule has 0 unspecified atom stereocenters. The zero-order chi connectivity index (χ0) is 12.9. The van der Waals surface area contributed by atoms with Crippen molar-refractivity contribution < 1.29 is 17.1 Å². The Labute approximate surface area is 99.1 Å². The molecule has 0 fully saturated rings. The van der Waals surface area contributed by atoms with Crippen LogP contribution in [0.1, 0.15) is 12.5 Å². The fourth-order valence-corrected chi connectivity index (χ4v) is 1.71. The van der Waals surface area contributed by atoms with Gasteiger partial charge in [-0.05, 0) is 12.1 Å². The van der Waals surface area contributed by atoms with Gasteiger partial charge in [0, 0.05) is 12.5 Å². The molecule has 0 aliphatic heterocycles. The maximum absolute atomic E-state index is 12.9. The Kier molecular flexibility index (Phi) is 4.24. The van der Waals surface area contributed by atoms with E-state index in [0.29, 0.717) is 0 Å². The molecule has 0 radical (unpaired) electrons. The third-order valence-corrected chi connectivity index (χ3v) is 2.68. The summed E-state index contributed by atoms with van der Waals surface area (Å²) in [6.07, 6.45) is 0. The minimum absolute atomic E-state index is 0.0698. The van der Waals surface area contributed by atoms with E-state index in [9.17, 15) is 17.1 Å². The molecule has 90 valence electrons. The Bertz CT molecular complexity index is 584. The zero-order valence-corrected chi connectivity index (χ0v) is 9.84. The molecular weight excluding hydrogens is 245 g/mol. The maximum atomic E-state index is 12.9. The van der Waals surface area contributed by atoms with Crippen molar-refractivity contribution in [1.82, 2.24) is 5.32 Å². The van der Waals surface area contributed by atoms with E-state index in [0.717, 1.165) is 6.07 Å². The molecule has 17 heavy (non-hydrogen) atoms. The lowest BCUT2D eigenvalue weighted by Gasteiger charge is -1.98. The number of nitrogens with one attached hydrogen (secondary N) is 1. The summed E-state index contributed by atoms with van der Waals surface area (Å²) >= 11 is 0. The first-order chi connectivity index (χ1) is 7.91. The summed E-state index contributed by atoms with van der Waals surface area (Å²) in [5.41, 5.74) is 0.0698. The smallest absolute Gasteiger partial charge is 0.333 e. The van der Waals surface area contributed by atoms with Crippen molar-refractivity contribution >= 4 is 16.1 Å². The average molecular weight is 255 g/mol. The molecule has 0 aliphatic rings. The van der Waals surface area contributed by atoms with Gasteiger partial charge in [0.2, 0.25) is 5.91 Å². The van der Waals surface area contributed by atoms with E-state index in [1.165, 1.54) is 19.1 Å². The van der Waals surface area contributed by atoms with Gasteiger partial charge < -0.3 is 5.32 Å². The normalized spacial score (nSPS) is 10.2. The number of rotatable bonds is 2. The first-order valence-electron chi connectivity index (χ1n) is 4.68. The summed E-state index contributed by atoms with van der Waals surface area (Å²) in [5, 5.41) is 2.42. The number of benzene rings is 1. The van der Waals surface area contributed by atoms with Crippen LogP contribution in [0, 0.1) is 11.8 Å². The summed E-state index contributed by atoms with van der Waals surface area (Å²) in [6, 6.07) is 5.49. The van der Waals surface area contributed by atoms with Crippen molar-refractivity contribution in [3.05, 3.63) is 29.8 Å². The molecular formula is C11H10FNO3S. The van der Waals surface area contributed by atoms with Gasteiger partial charge in [-0.25, -0.2) is 0 Å². The molecule has 0 aliphatic carbocycles. The van der Waals surface area contributed by atoms with E-state index >= 15 is 0 Å². The van der Waals surface area contributed by atoms with Crippen LogP contribution in [0.5, 0.6) is 0 Å². The number of amides is 1. The second-order valence-electron chi connectivity index (χ2n) is 3.15. The Hall–Kier alpha value is -1.87. The van der Waals surface area contributed by atoms with Crippen molar-refractivity contribution in [1.29, 1.82) is 0 Å². The van der Waals surface area contributed by atoms with Crippen molar-refractivity contribution in [2.45, 2.75) is 11.8 Å². The van der Waals surface area contributed by atoms with Gasteiger partial charge in [-0.2, -0.15) is 8.42 Å². The predicted octanol–water partition coefficient (Wildman–Crippen LogP) is 0.832. The van der Waals surface area contributed by atoms with Gasteiger partial charge in [0.25, 0.3) is 0 Å². The Morgan fingerprint density at radius 2 is 2.06 bits per heavy atom. The number of carbonyl (C=O) groups excluding carboxylic acids is 1. The third-order valence-electron chi connectivity index (χ3n) is 1.80. The quantitative estimate of drug-likeness (QED) is 0.629. The van der Waals surface area contributed by atoms with E-state index in [-0.39, 0.29) is 18.0 Å². The van der Waals surface area contributed by atoms with Gasteiger partial charge in [0.1, 0.15) is 4.90 Å². The summed E-state index contributed by atoms with van der Waals surface area (Å²) in [7, 11) is -4.78. The van der Waals surface area contributed by atoms with E-state index in [2.05, 4.69) is 17.2 Å². The summed E-state index contributed by atoms with van der Waals surface area (Å²) in [6.45, 7) is 1.41. The number of hydrogen-bond donors (Lipinski definition) is 1. The average Bonchev–Trinajstić information content (AvgIpc) is 2.23. The van der Waals surface area contributed by atoms with Crippen LogP contribution in [0.4, 0.5) is 3.89 Å². The standard InChI is InChI=1S/C11H10FNO3S/c1-9(14)13-8-4-6-10-5-2-3-7-11(10)17(12,15)16/h2-3,5,7H,8H2,1H3,(H,13,14). The molecule has 0 heterocycles. The molecule has 0 bridgehead atoms. The molecule has 0 aromatic heterocycles. The molecule has 6 heteroatoms. The van der Waals surface area contributed by atoms with Crippen molar-refractivity contribution in [2.24, 2.45) is 0 Å². The lowest BCUT2D eigenvalue weighted by atomic mass is 10.2. The van der Waals surface area contributed by atoms with Gasteiger partial charge in [-0.15, -0.1) is 3.89 Å². The summed E-state index contributed by atoms with van der Waals surface area (Å²) < 4.78 is 34.4. The number of hydrogen-bond acceptors (Lipinski definition) is 3. The molecule has 1 N–H and O–H groups in total. The van der Waals surface area contributed by atoms with Crippen LogP contribution in [0.3, 0.4) is 0 Å². The van der Waals surface area contributed by atoms with Gasteiger partial charge in [0.15, 0.2) is 0 Å². The minimum Gasteiger partial charge on any atom is -0.345 e. The fraction of sp³-hybridized carbons (Fsp3) is 0.182. The van der Waals surface area contributed by atoms with Crippen LogP contribution in [-0.4, -0.2) is 20.9 Å². The summed E-state index contributed by atoms with van der Waals surface area (Å²) in [5.74, 6) is 4.78. The maximum Gasteiger partial charge on any atom is 0.333 e. The molecule has 0 atom stereocenters. The highest BCUT2D eigenvalue weighted by atomic mass is 32.3. The third kappa shape index (κ3) is 4.25. The molecule has 1 aromatic rings. The van der Waals surface area contributed by atoms with Crippen LogP contribution in [0.15, 0.2) is 29.2 Å². The number of carbonyl (C=O) groups is 1.